The van der Waals surface area contributed by atoms with Gasteiger partial charge in [-0.1, -0.05) is 6.07 Å². The van der Waals surface area contributed by atoms with Crippen LogP contribution in [0, 0.1) is 5.92 Å². The first-order valence-corrected chi connectivity index (χ1v) is 6.69. The molecule has 2 aromatic heterocycles. The molecule has 1 N–H and O–H groups in total. The number of aromatic nitrogens is 3. The van der Waals surface area contributed by atoms with E-state index in [1.807, 2.05) is 28.9 Å². The Kier molecular flexibility index (Phi) is 2.26. The molecule has 3 aliphatic heterocycles. The molecule has 0 radical (unpaired) electrons. The normalized spacial score (nSPS) is 30.8. The number of pyridine rings is 1. The lowest BCUT2D eigenvalue weighted by molar-refractivity contribution is 0.0972. The number of nitrogens with zero attached hydrogens (tertiary/aromatic N) is 4. The van der Waals surface area contributed by atoms with Crippen molar-refractivity contribution in [2.24, 2.45) is 5.92 Å². The summed E-state index contributed by atoms with van der Waals surface area (Å²) in [5.74, 6) is 1.56. The van der Waals surface area contributed by atoms with Crippen LogP contribution in [0.2, 0.25) is 0 Å². The van der Waals surface area contributed by atoms with Gasteiger partial charge in [0.05, 0.1) is 0 Å². The van der Waals surface area contributed by atoms with Crippen molar-refractivity contribution in [1.29, 1.82) is 0 Å². The highest BCUT2D eigenvalue weighted by molar-refractivity contribution is 5.43. The highest BCUT2D eigenvalue weighted by atomic mass is 15.4. The molecule has 94 valence electrons. The zero-order valence-electron chi connectivity index (χ0n) is 10.3. The molecule has 0 spiro atoms. The van der Waals surface area contributed by atoms with Crippen LogP contribution in [-0.4, -0.2) is 45.2 Å². The SMILES string of the molecule is c1ccn2nc(NC3CN4CCC3CC4)nc2c1. The summed E-state index contributed by atoms with van der Waals surface area (Å²) in [4.78, 5) is 7.05. The Bertz CT molecular complexity index is 522. The lowest BCUT2D eigenvalue weighted by Gasteiger charge is -2.44. The zero-order chi connectivity index (χ0) is 11.9. The van der Waals surface area contributed by atoms with Gasteiger partial charge in [0.25, 0.3) is 0 Å². The first-order valence-electron chi connectivity index (χ1n) is 6.69. The van der Waals surface area contributed by atoms with Gasteiger partial charge in [0.15, 0.2) is 5.65 Å². The minimum Gasteiger partial charge on any atom is -0.349 e. The highest BCUT2D eigenvalue weighted by Gasteiger charge is 2.34. The summed E-state index contributed by atoms with van der Waals surface area (Å²) in [7, 11) is 0. The van der Waals surface area contributed by atoms with Gasteiger partial charge in [-0.15, -0.1) is 5.10 Å². The number of fused-ring (bicyclic) bond motifs is 4. The average Bonchev–Trinajstić information content (AvgIpc) is 2.82. The van der Waals surface area contributed by atoms with Crippen molar-refractivity contribution in [2.75, 3.05) is 25.0 Å². The number of rotatable bonds is 2. The molecule has 18 heavy (non-hydrogen) atoms. The van der Waals surface area contributed by atoms with E-state index in [-0.39, 0.29) is 0 Å². The van der Waals surface area contributed by atoms with Gasteiger partial charge in [-0.25, -0.2) is 4.52 Å². The van der Waals surface area contributed by atoms with E-state index < -0.39 is 0 Å². The van der Waals surface area contributed by atoms with Gasteiger partial charge in [0.1, 0.15) is 0 Å². The van der Waals surface area contributed by atoms with Gasteiger partial charge >= 0.3 is 0 Å². The minimum atomic E-state index is 0.518. The fraction of sp³-hybridized carbons (Fsp3) is 0.538. The molecule has 5 rings (SSSR count). The van der Waals surface area contributed by atoms with Crippen LogP contribution in [0.1, 0.15) is 12.8 Å². The number of hydrogen-bond donors (Lipinski definition) is 1. The van der Waals surface area contributed by atoms with Crippen molar-refractivity contribution in [3.8, 4) is 0 Å². The Hall–Kier alpha value is -1.62. The molecular formula is C13H17N5. The van der Waals surface area contributed by atoms with Crippen LogP contribution < -0.4 is 5.32 Å². The van der Waals surface area contributed by atoms with Crippen LogP contribution in [0.15, 0.2) is 24.4 Å². The summed E-state index contributed by atoms with van der Waals surface area (Å²) in [5, 5.41) is 7.98. The third kappa shape index (κ3) is 1.66. The molecule has 0 aliphatic carbocycles. The molecule has 0 amide bonds. The van der Waals surface area contributed by atoms with Crippen LogP contribution in [0.4, 0.5) is 5.95 Å². The summed E-state index contributed by atoms with van der Waals surface area (Å²) >= 11 is 0. The second kappa shape index (κ2) is 3.95. The Morgan fingerprint density at radius 1 is 1.22 bits per heavy atom. The van der Waals surface area contributed by atoms with Crippen LogP contribution in [0.5, 0.6) is 0 Å². The van der Waals surface area contributed by atoms with Crippen LogP contribution in [0.3, 0.4) is 0 Å². The second-order valence-corrected chi connectivity index (χ2v) is 5.33. The monoisotopic (exact) mass is 243 g/mol. The smallest absolute Gasteiger partial charge is 0.243 e. The first kappa shape index (κ1) is 10.3. The molecule has 0 aromatic carbocycles. The highest BCUT2D eigenvalue weighted by Crippen LogP contribution is 2.29. The first-order chi connectivity index (χ1) is 8.88. The average molecular weight is 243 g/mol. The van der Waals surface area contributed by atoms with Gasteiger partial charge in [0, 0.05) is 18.8 Å². The molecule has 2 aromatic rings. The summed E-state index contributed by atoms with van der Waals surface area (Å²) in [6.45, 7) is 3.67. The van der Waals surface area contributed by atoms with Crippen LogP contribution in [-0.2, 0) is 0 Å². The van der Waals surface area contributed by atoms with E-state index in [4.69, 9.17) is 0 Å². The minimum absolute atomic E-state index is 0.518. The summed E-state index contributed by atoms with van der Waals surface area (Å²) < 4.78 is 1.82. The van der Waals surface area contributed by atoms with Gasteiger partial charge in [-0.2, -0.15) is 4.98 Å². The maximum Gasteiger partial charge on any atom is 0.243 e. The van der Waals surface area contributed by atoms with E-state index >= 15 is 0 Å². The van der Waals surface area contributed by atoms with Crippen molar-refractivity contribution in [3.05, 3.63) is 24.4 Å². The molecule has 1 atom stereocenters. The predicted octanol–water partition coefficient (Wildman–Crippen LogP) is 1.24. The maximum atomic E-state index is 4.51. The topological polar surface area (TPSA) is 45.5 Å². The van der Waals surface area contributed by atoms with E-state index in [9.17, 15) is 0 Å². The Labute approximate surface area is 106 Å². The third-order valence-corrected chi connectivity index (χ3v) is 4.21. The van der Waals surface area contributed by atoms with E-state index in [0.717, 1.165) is 24.1 Å². The summed E-state index contributed by atoms with van der Waals surface area (Å²) in [6, 6.07) is 6.46. The van der Waals surface area contributed by atoms with Gasteiger partial charge in [-0.3, -0.25) is 0 Å². The molecule has 3 saturated heterocycles. The largest absolute Gasteiger partial charge is 0.349 e. The van der Waals surface area contributed by atoms with Gasteiger partial charge < -0.3 is 10.2 Å². The van der Waals surface area contributed by atoms with E-state index in [1.54, 1.807) is 0 Å². The van der Waals surface area contributed by atoms with Crippen molar-refractivity contribution >= 4 is 11.6 Å². The maximum absolute atomic E-state index is 4.51. The quantitative estimate of drug-likeness (QED) is 0.862. The van der Waals surface area contributed by atoms with Crippen molar-refractivity contribution < 1.29 is 0 Å². The van der Waals surface area contributed by atoms with Gasteiger partial charge in [0.2, 0.25) is 5.95 Å². The molecule has 1 unspecified atom stereocenters. The molecule has 3 aliphatic rings. The fourth-order valence-electron chi connectivity index (χ4n) is 3.19. The van der Waals surface area contributed by atoms with E-state index in [1.165, 1.54) is 25.9 Å². The predicted molar refractivity (Wildman–Crippen MR) is 69.6 cm³/mol. The molecule has 5 heterocycles. The van der Waals surface area contributed by atoms with Crippen molar-refractivity contribution in [1.82, 2.24) is 19.5 Å². The molecule has 5 heteroatoms. The van der Waals surface area contributed by atoms with Crippen LogP contribution in [0.25, 0.3) is 5.65 Å². The lowest BCUT2D eigenvalue weighted by atomic mass is 9.84. The Morgan fingerprint density at radius 3 is 2.83 bits per heavy atom. The number of hydrogen-bond acceptors (Lipinski definition) is 4. The molecule has 5 nitrogen and oxygen atoms in total. The number of piperidine rings is 3. The number of nitrogens with one attached hydrogen (secondary N) is 1. The van der Waals surface area contributed by atoms with Crippen molar-refractivity contribution in [2.45, 2.75) is 18.9 Å². The molecule has 2 bridgehead atoms. The van der Waals surface area contributed by atoms with Crippen LogP contribution >= 0.6 is 0 Å². The Balaban J connectivity index is 1.57. The summed E-state index contributed by atoms with van der Waals surface area (Å²) in [6.07, 6.45) is 4.56. The van der Waals surface area contributed by atoms with Gasteiger partial charge in [-0.05, 0) is 44.0 Å². The summed E-state index contributed by atoms with van der Waals surface area (Å²) in [5.41, 5.74) is 0.904. The lowest BCUT2D eigenvalue weighted by Crippen LogP contribution is -2.53. The third-order valence-electron chi connectivity index (χ3n) is 4.21. The number of anilines is 1. The second-order valence-electron chi connectivity index (χ2n) is 5.33. The molecular weight excluding hydrogens is 226 g/mol. The van der Waals surface area contributed by atoms with E-state index in [2.05, 4.69) is 20.3 Å². The zero-order valence-corrected chi connectivity index (χ0v) is 10.3. The van der Waals surface area contributed by atoms with Crippen molar-refractivity contribution in [3.63, 3.8) is 0 Å². The fourth-order valence-corrected chi connectivity index (χ4v) is 3.19. The Morgan fingerprint density at radius 2 is 2.11 bits per heavy atom. The molecule has 0 saturated carbocycles. The standard InChI is InChI=1S/C13H17N5/c1-2-6-18-12(3-1)15-13(16-18)14-11-9-17-7-4-10(11)5-8-17/h1-3,6,10-11H,4-5,7-9H2,(H,14,16). The van der Waals surface area contributed by atoms with E-state index in [0.29, 0.717) is 6.04 Å². The molecule has 3 fully saturated rings.